The minimum atomic E-state index is -0.787. The van der Waals surface area contributed by atoms with Gasteiger partial charge in [0.05, 0.1) is 13.0 Å². The molecule has 33 heavy (non-hydrogen) atoms. The van der Waals surface area contributed by atoms with Crippen molar-refractivity contribution in [2.24, 2.45) is 17.3 Å². The third-order valence-electron chi connectivity index (χ3n) is 8.50. The first-order valence-electron chi connectivity index (χ1n) is 12.0. The first kappa shape index (κ1) is 22.4. The van der Waals surface area contributed by atoms with E-state index in [4.69, 9.17) is 18.9 Å². The summed E-state index contributed by atoms with van der Waals surface area (Å²) in [6.45, 7) is 7.21. The normalized spacial score (nSPS) is 37.6. The standard InChI is InChI=1S/C26H32O7/c1-5-30-24(29)11-16-10-21-19(18-7-6-17(12-20(16)18)31-14(2)27)8-9-25(4)22(21)13-23-26(25,33-23)32-15(3)28/h6-7,12,16,19,21-23H,5,8-11,13H2,1-4H3/t16-,19+,21+,22-,23?,25-,26+/m0/s1. The van der Waals surface area contributed by atoms with Crippen LogP contribution in [0.3, 0.4) is 0 Å². The zero-order valence-electron chi connectivity index (χ0n) is 19.7. The number of hydrogen-bond acceptors (Lipinski definition) is 7. The van der Waals surface area contributed by atoms with Gasteiger partial charge in [-0.3, -0.25) is 14.4 Å². The van der Waals surface area contributed by atoms with E-state index in [1.807, 2.05) is 19.1 Å². The van der Waals surface area contributed by atoms with Gasteiger partial charge in [-0.2, -0.15) is 0 Å². The Kier molecular flexibility index (Phi) is 5.31. The van der Waals surface area contributed by atoms with Gasteiger partial charge in [0.25, 0.3) is 0 Å². The summed E-state index contributed by atoms with van der Waals surface area (Å²) in [5.41, 5.74) is 2.09. The highest BCUT2D eigenvalue weighted by Crippen LogP contribution is 2.72. The van der Waals surface area contributed by atoms with Crippen LogP contribution in [0.15, 0.2) is 18.2 Å². The maximum absolute atomic E-state index is 12.5. The molecular weight excluding hydrogens is 424 g/mol. The molecule has 7 atom stereocenters. The summed E-state index contributed by atoms with van der Waals surface area (Å²) in [7, 11) is 0. The van der Waals surface area contributed by atoms with E-state index in [0.717, 1.165) is 31.2 Å². The first-order valence-corrected chi connectivity index (χ1v) is 12.0. The van der Waals surface area contributed by atoms with Crippen molar-refractivity contribution in [3.8, 4) is 5.75 Å². The third-order valence-corrected chi connectivity index (χ3v) is 8.50. The Bertz CT molecular complexity index is 1000. The van der Waals surface area contributed by atoms with Crippen LogP contribution in [-0.4, -0.2) is 36.4 Å². The Labute approximate surface area is 194 Å². The highest BCUT2D eigenvalue weighted by Gasteiger charge is 2.79. The average molecular weight is 457 g/mol. The SMILES string of the molecule is CCOC(=O)C[C@@H]1C[C@@H]2[C@H](CC[C@@]3(C)[C@H]2CC2O[C@]23OC(C)=O)c2ccc(OC(C)=O)cc21. The summed E-state index contributed by atoms with van der Waals surface area (Å²) in [4.78, 5) is 35.8. The molecule has 5 rings (SSSR count). The predicted molar refractivity (Wildman–Crippen MR) is 117 cm³/mol. The van der Waals surface area contributed by atoms with E-state index in [9.17, 15) is 14.4 Å². The summed E-state index contributed by atoms with van der Waals surface area (Å²) in [5, 5.41) is 0. The Hall–Kier alpha value is -2.41. The summed E-state index contributed by atoms with van der Waals surface area (Å²) < 4.78 is 22.4. The zero-order valence-corrected chi connectivity index (χ0v) is 19.7. The fourth-order valence-corrected chi connectivity index (χ4v) is 7.27. The number of benzene rings is 1. The van der Waals surface area contributed by atoms with E-state index in [0.29, 0.717) is 36.5 Å². The van der Waals surface area contributed by atoms with Crippen molar-refractivity contribution in [3.05, 3.63) is 29.3 Å². The number of epoxide rings is 1. The van der Waals surface area contributed by atoms with Crippen molar-refractivity contribution >= 4 is 17.9 Å². The van der Waals surface area contributed by atoms with E-state index in [-0.39, 0.29) is 35.3 Å². The molecule has 3 aliphatic carbocycles. The van der Waals surface area contributed by atoms with Gasteiger partial charge in [0.15, 0.2) is 0 Å². The minimum absolute atomic E-state index is 0.0133. The maximum Gasteiger partial charge on any atom is 0.308 e. The van der Waals surface area contributed by atoms with Gasteiger partial charge in [0.1, 0.15) is 11.9 Å². The lowest BCUT2D eigenvalue weighted by Gasteiger charge is -2.52. The molecule has 0 spiro atoms. The molecular formula is C26H32O7. The van der Waals surface area contributed by atoms with Crippen LogP contribution in [0.2, 0.25) is 0 Å². The van der Waals surface area contributed by atoms with Crippen molar-refractivity contribution in [3.63, 3.8) is 0 Å². The van der Waals surface area contributed by atoms with E-state index >= 15 is 0 Å². The van der Waals surface area contributed by atoms with Crippen molar-refractivity contribution in [2.75, 3.05) is 6.61 Å². The number of hydrogen-bond donors (Lipinski definition) is 0. The van der Waals surface area contributed by atoms with Crippen molar-refractivity contribution in [1.82, 2.24) is 0 Å². The van der Waals surface area contributed by atoms with Crippen LogP contribution in [0.1, 0.15) is 82.8 Å². The molecule has 0 aromatic heterocycles. The summed E-state index contributed by atoms with van der Waals surface area (Å²) in [5.74, 6) is -0.0932. The minimum Gasteiger partial charge on any atom is -0.466 e. The topological polar surface area (TPSA) is 91.4 Å². The van der Waals surface area contributed by atoms with Crippen LogP contribution in [0.4, 0.5) is 0 Å². The Balaban J connectivity index is 1.49. The molecule has 2 saturated carbocycles. The van der Waals surface area contributed by atoms with E-state index in [2.05, 4.69) is 13.0 Å². The summed E-state index contributed by atoms with van der Waals surface area (Å²) in [6.07, 6.45) is 3.86. The molecule has 7 nitrogen and oxygen atoms in total. The van der Waals surface area contributed by atoms with Gasteiger partial charge in [-0.1, -0.05) is 13.0 Å². The highest BCUT2D eigenvalue weighted by atomic mass is 16.8. The second kappa shape index (κ2) is 7.83. The third kappa shape index (κ3) is 3.47. The second-order valence-electron chi connectivity index (χ2n) is 10.3. The molecule has 0 radical (unpaired) electrons. The fraction of sp³-hybridized carbons (Fsp3) is 0.654. The molecule has 1 unspecified atom stereocenters. The van der Waals surface area contributed by atoms with Crippen molar-refractivity contribution < 1.29 is 33.3 Å². The van der Waals surface area contributed by atoms with Gasteiger partial charge in [0, 0.05) is 19.3 Å². The van der Waals surface area contributed by atoms with Gasteiger partial charge >= 0.3 is 17.9 Å². The second-order valence-corrected chi connectivity index (χ2v) is 10.3. The fourth-order valence-electron chi connectivity index (χ4n) is 7.27. The van der Waals surface area contributed by atoms with E-state index in [1.165, 1.54) is 19.4 Å². The van der Waals surface area contributed by atoms with Crippen LogP contribution in [0.25, 0.3) is 0 Å². The summed E-state index contributed by atoms with van der Waals surface area (Å²) >= 11 is 0. The van der Waals surface area contributed by atoms with Crippen LogP contribution >= 0.6 is 0 Å². The van der Waals surface area contributed by atoms with Crippen LogP contribution in [0, 0.1) is 17.3 Å². The molecule has 1 heterocycles. The quantitative estimate of drug-likeness (QED) is 0.372. The van der Waals surface area contributed by atoms with Gasteiger partial charge in [-0.25, -0.2) is 0 Å². The molecule has 4 aliphatic rings. The molecule has 0 amide bonds. The monoisotopic (exact) mass is 456 g/mol. The zero-order chi connectivity index (χ0) is 23.5. The van der Waals surface area contributed by atoms with Gasteiger partial charge in [0.2, 0.25) is 5.79 Å². The molecule has 0 N–H and O–H groups in total. The Morgan fingerprint density at radius 2 is 1.91 bits per heavy atom. The van der Waals surface area contributed by atoms with E-state index in [1.54, 1.807) is 0 Å². The highest BCUT2D eigenvalue weighted by molar-refractivity contribution is 5.72. The molecule has 1 aromatic carbocycles. The van der Waals surface area contributed by atoms with Crippen LogP contribution in [-0.2, 0) is 28.6 Å². The Morgan fingerprint density at radius 1 is 1.12 bits per heavy atom. The van der Waals surface area contributed by atoms with Gasteiger partial charge < -0.3 is 18.9 Å². The van der Waals surface area contributed by atoms with Gasteiger partial charge in [-0.15, -0.1) is 0 Å². The number of carbonyl (C=O) groups excluding carboxylic acids is 3. The first-order chi connectivity index (χ1) is 15.7. The molecule has 1 aromatic rings. The average Bonchev–Trinajstić information content (AvgIpc) is 3.37. The lowest BCUT2D eigenvalue weighted by molar-refractivity contribution is -0.185. The molecule has 1 saturated heterocycles. The molecule has 1 aliphatic heterocycles. The number of ether oxygens (including phenoxy) is 4. The van der Waals surface area contributed by atoms with Crippen LogP contribution < -0.4 is 4.74 Å². The molecule has 3 fully saturated rings. The molecule has 7 heteroatoms. The largest absolute Gasteiger partial charge is 0.466 e. The van der Waals surface area contributed by atoms with E-state index < -0.39 is 5.79 Å². The number of esters is 3. The predicted octanol–water partition coefficient (Wildman–Crippen LogP) is 4.23. The number of rotatable bonds is 5. The van der Waals surface area contributed by atoms with Crippen LogP contribution in [0.5, 0.6) is 5.75 Å². The molecule has 178 valence electrons. The van der Waals surface area contributed by atoms with Gasteiger partial charge in [-0.05, 0) is 79.5 Å². The summed E-state index contributed by atoms with van der Waals surface area (Å²) in [6, 6.07) is 5.85. The number of carbonyl (C=O) groups is 3. The lowest BCUT2D eigenvalue weighted by atomic mass is 9.53. The maximum atomic E-state index is 12.5. The van der Waals surface area contributed by atoms with Crippen molar-refractivity contribution in [2.45, 2.75) is 83.5 Å². The lowest BCUT2D eigenvalue weighted by Crippen LogP contribution is -2.49. The smallest absolute Gasteiger partial charge is 0.308 e. The van der Waals surface area contributed by atoms with Crippen molar-refractivity contribution in [1.29, 1.82) is 0 Å². The number of fused-ring (bicyclic) bond motifs is 7. The molecule has 0 bridgehead atoms. The Morgan fingerprint density at radius 3 is 2.61 bits per heavy atom.